The number of ether oxygens (including phenoxy) is 1. The average Bonchev–Trinajstić information content (AvgIpc) is 2.35. The lowest BCUT2D eigenvalue weighted by atomic mass is 10.0. The molecular weight excluding hydrogens is 216 g/mol. The third-order valence-electron chi connectivity index (χ3n) is 3.44. The van der Waals surface area contributed by atoms with Crippen molar-refractivity contribution < 1.29 is 9.53 Å². The molecule has 4 nitrogen and oxygen atoms in total. The molecule has 1 N–H and O–H groups in total. The van der Waals surface area contributed by atoms with Crippen molar-refractivity contribution in [2.75, 3.05) is 20.2 Å². The lowest BCUT2D eigenvalue weighted by Gasteiger charge is -2.34. The van der Waals surface area contributed by atoms with Crippen LogP contribution in [0.3, 0.4) is 0 Å². The Morgan fingerprint density at radius 3 is 2.59 bits per heavy atom. The first kappa shape index (κ1) is 14.5. The normalized spacial score (nSPS) is 22.5. The van der Waals surface area contributed by atoms with E-state index in [1.165, 1.54) is 12.8 Å². The van der Waals surface area contributed by atoms with E-state index in [-0.39, 0.29) is 18.1 Å². The van der Waals surface area contributed by atoms with Crippen molar-refractivity contribution in [1.29, 1.82) is 0 Å². The lowest BCUT2D eigenvalue weighted by Crippen LogP contribution is -2.50. The average molecular weight is 242 g/mol. The van der Waals surface area contributed by atoms with E-state index in [0.717, 1.165) is 19.5 Å². The van der Waals surface area contributed by atoms with Crippen LogP contribution in [0.1, 0.15) is 40.0 Å². The summed E-state index contributed by atoms with van der Waals surface area (Å²) >= 11 is 0. The van der Waals surface area contributed by atoms with E-state index in [1.807, 2.05) is 11.8 Å². The van der Waals surface area contributed by atoms with E-state index in [0.29, 0.717) is 6.04 Å². The largest absolute Gasteiger partial charge is 0.372 e. The highest BCUT2D eigenvalue weighted by Gasteiger charge is 2.25. The van der Waals surface area contributed by atoms with Crippen LogP contribution in [-0.4, -0.2) is 49.2 Å². The molecule has 2 atom stereocenters. The molecule has 100 valence electrons. The van der Waals surface area contributed by atoms with Crippen LogP contribution >= 0.6 is 0 Å². The Balaban J connectivity index is 2.55. The molecule has 0 spiro atoms. The fraction of sp³-hybridized carbons (Fsp3) is 0.923. The zero-order chi connectivity index (χ0) is 12.8. The van der Waals surface area contributed by atoms with Crippen molar-refractivity contribution in [1.82, 2.24) is 10.2 Å². The Labute approximate surface area is 105 Å². The summed E-state index contributed by atoms with van der Waals surface area (Å²) in [6.07, 6.45) is 3.33. The first-order chi connectivity index (χ1) is 8.06. The van der Waals surface area contributed by atoms with Gasteiger partial charge >= 0.3 is 0 Å². The number of nitrogens with one attached hydrogen (secondary N) is 1. The first-order valence-corrected chi connectivity index (χ1v) is 6.63. The first-order valence-electron chi connectivity index (χ1n) is 6.63. The smallest absolute Gasteiger partial charge is 0.251 e. The highest BCUT2D eigenvalue weighted by atomic mass is 16.5. The summed E-state index contributed by atoms with van der Waals surface area (Å²) in [5.41, 5.74) is 0. The van der Waals surface area contributed by atoms with Crippen LogP contribution in [0.4, 0.5) is 0 Å². The van der Waals surface area contributed by atoms with Gasteiger partial charge in [-0.1, -0.05) is 6.42 Å². The van der Waals surface area contributed by atoms with Gasteiger partial charge in [0.15, 0.2) is 0 Å². The number of amides is 1. The molecule has 0 bridgehead atoms. The molecule has 1 saturated heterocycles. The maximum atomic E-state index is 12.2. The van der Waals surface area contributed by atoms with Crippen LogP contribution in [0, 0.1) is 0 Å². The summed E-state index contributed by atoms with van der Waals surface area (Å²) in [6, 6.07) is 0.669. The van der Waals surface area contributed by atoms with Gasteiger partial charge in [-0.3, -0.25) is 4.79 Å². The zero-order valence-electron chi connectivity index (χ0n) is 11.5. The highest BCUT2D eigenvalue weighted by molar-refractivity contribution is 5.80. The van der Waals surface area contributed by atoms with Crippen LogP contribution in [0.25, 0.3) is 0 Å². The molecule has 2 unspecified atom stereocenters. The second-order valence-corrected chi connectivity index (χ2v) is 5.11. The molecule has 0 radical (unpaired) electrons. The number of hydrogen-bond donors (Lipinski definition) is 1. The van der Waals surface area contributed by atoms with E-state index >= 15 is 0 Å². The lowest BCUT2D eigenvalue weighted by molar-refractivity contribution is -0.143. The van der Waals surface area contributed by atoms with Gasteiger partial charge in [-0.2, -0.15) is 0 Å². The van der Waals surface area contributed by atoms with Gasteiger partial charge in [0.2, 0.25) is 0 Å². The summed E-state index contributed by atoms with van der Waals surface area (Å²) in [7, 11) is 1.58. The Morgan fingerprint density at radius 2 is 2.12 bits per heavy atom. The van der Waals surface area contributed by atoms with Crippen LogP contribution < -0.4 is 5.32 Å². The standard InChI is InChI=1S/C13H26N2O2/c1-10(2)15(13(16)11(3)17-4)9-12-7-5-6-8-14-12/h10-12,14H,5-9H2,1-4H3. The van der Waals surface area contributed by atoms with Crippen molar-refractivity contribution in [2.45, 2.75) is 58.2 Å². The highest BCUT2D eigenvalue weighted by Crippen LogP contribution is 2.12. The molecule has 1 rings (SSSR count). The Bertz CT molecular complexity index is 238. The minimum absolute atomic E-state index is 0.0925. The minimum atomic E-state index is -0.346. The molecule has 1 fully saturated rings. The zero-order valence-corrected chi connectivity index (χ0v) is 11.5. The maximum absolute atomic E-state index is 12.2. The van der Waals surface area contributed by atoms with E-state index < -0.39 is 0 Å². The third kappa shape index (κ3) is 4.28. The van der Waals surface area contributed by atoms with Crippen molar-refractivity contribution in [3.63, 3.8) is 0 Å². The Hall–Kier alpha value is -0.610. The maximum Gasteiger partial charge on any atom is 0.251 e. The summed E-state index contributed by atoms with van der Waals surface area (Å²) in [5, 5.41) is 3.48. The molecule has 0 aromatic carbocycles. The molecule has 0 aromatic rings. The third-order valence-corrected chi connectivity index (χ3v) is 3.44. The quantitative estimate of drug-likeness (QED) is 0.792. The van der Waals surface area contributed by atoms with Crippen molar-refractivity contribution in [2.24, 2.45) is 0 Å². The molecule has 4 heteroatoms. The van der Waals surface area contributed by atoms with Gasteiger partial charge in [0, 0.05) is 25.7 Å². The SMILES string of the molecule is COC(C)C(=O)N(CC1CCCCN1)C(C)C. The van der Waals surface area contributed by atoms with Gasteiger partial charge in [-0.15, -0.1) is 0 Å². The monoisotopic (exact) mass is 242 g/mol. The molecule has 17 heavy (non-hydrogen) atoms. The van der Waals surface area contributed by atoms with Crippen molar-refractivity contribution >= 4 is 5.91 Å². The number of methoxy groups -OCH3 is 1. The van der Waals surface area contributed by atoms with Gasteiger partial charge < -0.3 is 15.0 Å². The van der Waals surface area contributed by atoms with E-state index in [9.17, 15) is 4.79 Å². The summed E-state index contributed by atoms with van der Waals surface area (Å²) in [6.45, 7) is 7.80. The molecule has 1 aliphatic heterocycles. The number of hydrogen-bond acceptors (Lipinski definition) is 3. The predicted molar refractivity (Wildman–Crippen MR) is 69.0 cm³/mol. The molecule has 1 amide bonds. The van der Waals surface area contributed by atoms with Gasteiger partial charge in [0.05, 0.1) is 0 Å². The molecule has 1 heterocycles. The molecular formula is C13H26N2O2. The van der Waals surface area contributed by atoms with Crippen LogP contribution in [-0.2, 0) is 9.53 Å². The summed E-state index contributed by atoms with van der Waals surface area (Å²) in [4.78, 5) is 14.1. The fourth-order valence-electron chi connectivity index (χ4n) is 2.21. The topological polar surface area (TPSA) is 41.6 Å². The second-order valence-electron chi connectivity index (χ2n) is 5.11. The van der Waals surface area contributed by atoms with Crippen LogP contribution in [0.2, 0.25) is 0 Å². The van der Waals surface area contributed by atoms with Crippen LogP contribution in [0.5, 0.6) is 0 Å². The molecule has 1 aliphatic rings. The number of carbonyl (C=O) groups excluding carboxylic acids is 1. The van der Waals surface area contributed by atoms with Crippen molar-refractivity contribution in [3.05, 3.63) is 0 Å². The van der Waals surface area contributed by atoms with Crippen molar-refractivity contribution in [3.8, 4) is 0 Å². The van der Waals surface area contributed by atoms with E-state index in [1.54, 1.807) is 7.11 Å². The predicted octanol–water partition coefficient (Wildman–Crippen LogP) is 1.40. The second kappa shape index (κ2) is 6.97. The number of piperidine rings is 1. The van der Waals surface area contributed by atoms with Gasteiger partial charge in [0.1, 0.15) is 6.10 Å². The van der Waals surface area contributed by atoms with Gasteiger partial charge in [0.25, 0.3) is 5.91 Å². The number of nitrogens with zero attached hydrogens (tertiary/aromatic N) is 1. The van der Waals surface area contributed by atoms with Gasteiger partial charge in [-0.25, -0.2) is 0 Å². The summed E-state index contributed by atoms with van der Waals surface area (Å²) < 4.78 is 5.12. The molecule has 0 saturated carbocycles. The number of carbonyl (C=O) groups is 1. The molecule has 0 aromatic heterocycles. The minimum Gasteiger partial charge on any atom is -0.372 e. The van der Waals surface area contributed by atoms with Crippen LogP contribution in [0.15, 0.2) is 0 Å². The van der Waals surface area contributed by atoms with Gasteiger partial charge in [-0.05, 0) is 40.2 Å². The molecule has 0 aliphatic carbocycles. The summed E-state index contributed by atoms with van der Waals surface area (Å²) in [5.74, 6) is 0.0925. The number of rotatable bonds is 5. The fourth-order valence-corrected chi connectivity index (χ4v) is 2.21. The van der Waals surface area contributed by atoms with E-state index in [4.69, 9.17) is 4.74 Å². The Kier molecular flexibility index (Phi) is 5.92. The van der Waals surface area contributed by atoms with E-state index in [2.05, 4.69) is 19.2 Å². The Morgan fingerprint density at radius 1 is 1.41 bits per heavy atom.